The average Bonchev–Trinajstić information content (AvgIpc) is 2.34. The van der Waals surface area contributed by atoms with Crippen LogP contribution in [0.25, 0.3) is 0 Å². The monoisotopic (exact) mass is 292 g/mol. The van der Waals surface area contributed by atoms with Crippen molar-refractivity contribution in [3.8, 4) is 0 Å². The maximum atomic E-state index is 13.1. The van der Waals surface area contributed by atoms with Crippen LogP contribution in [0.5, 0.6) is 0 Å². The van der Waals surface area contributed by atoms with E-state index in [9.17, 15) is 27.2 Å². The molecule has 0 radical (unpaired) electrons. The van der Waals surface area contributed by atoms with Crippen LogP contribution in [0.2, 0.25) is 0 Å². The van der Waals surface area contributed by atoms with Crippen LogP contribution in [0.4, 0.5) is 17.6 Å². The van der Waals surface area contributed by atoms with E-state index >= 15 is 0 Å². The van der Waals surface area contributed by atoms with Gasteiger partial charge in [-0.05, 0) is 25.1 Å². The van der Waals surface area contributed by atoms with Gasteiger partial charge in [0.15, 0.2) is 0 Å². The number of halogens is 4. The van der Waals surface area contributed by atoms with Crippen molar-refractivity contribution in [2.45, 2.75) is 13.1 Å². The molecular formula is C12H12F4N2O2. The van der Waals surface area contributed by atoms with Crippen LogP contribution < -0.4 is 5.73 Å². The molecule has 1 aromatic carbocycles. The van der Waals surface area contributed by atoms with Crippen LogP contribution in [-0.2, 0) is 11.0 Å². The summed E-state index contributed by atoms with van der Waals surface area (Å²) in [5.74, 6) is -3.08. The van der Waals surface area contributed by atoms with E-state index in [1.165, 1.54) is 6.92 Å². The van der Waals surface area contributed by atoms with E-state index in [0.29, 0.717) is 12.1 Å². The smallest absolute Gasteiger partial charge is 0.368 e. The summed E-state index contributed by atoms with van der Waals surface area (Å²) < 4.78 is 50.7. The lowest BCUT2D eigenvalue weighted by Gasteiger charge is -2.19. The third kappa shape index (κ3) is 3.69. The third-order valence-electron chi connectivity index (χ3n) is 2.53. The lowest BCUT2D eigenvalue weighted by atomic mass is 10.1. The number of hydrogen-bond donors (Lipinski definition) is 1. The van der Waals surface area contributed by atoms with Gasteiger partial charge in [-0.25, -0.2) is 4.39 Å². The van der Waals surface area contributed by atoms with Crippen molar-refractivity contribution >= 4 is 11.8 Å². The van der Waals surface area contributed by atoms with Crippen molar-refractivity contribution in [1.82, 2.24) is 4.90 Å². The molecular weight excluding hydrogens is 280 g/mol. The van der Waals surface area contributed by atoms with E-state index in [2.05, 4.69) is 0 Å². The highest BCUT2D eigenvalue weighted by Gasteiger charge is 2.35. The zero-order valence-electron chi connectivity index (χ0n) is 10.5. The number of amides is 2. The molecule has 0 heterocycles. The van der Waals surface area contributed by atoms with Gasteiger partial charge >= 0.3 is 6.18 Å². The number of carbonyl (C=O) groups is 2. The highest BCUT2D eigenvalue weighted by Crippen LogP contribution is 2.32. The number of carbonyl (C=O) groups excluding carboxylic acids is 2. The first-order valence-corrected chi connectivity index (χ1v) is 5.61. The van der Waals surface area contributed by atoms with Gasteiger partial charge in [-0.15, -0.1) is 0 Å². The molecule has 2 N–H and O–H groups in total. The summed E-state index contributed by atoms with van der Waals surface area (Å²) >= 11 is 0. The van der Waals surface area contributed by atoms with Gasteiger partial charge in [0.1, 0.15) is 5.82 Å². The van der Waals surface area contributed by atoms with E-state index in [0.717, 1.165) is 11.0 Å². The summed E-state index contributed by atoms with van der Waals surface area (Å²) in [4.78, 5) is 23.7. The van der Waals surface area contributed by atoms with Crippen LogP contribution in [0.15, 0.2) is 18.2 Å². The Morgan fingerprint density at radius 1 is 1.30 bits per heavy atom. The standard InChI is InChI=1S/C12H12F4N2O2/c1-2-18(6-10(17)19)11(20)7-3-4-9(13)8(5-7)12(14,15)16/h3-5H,2,6H2,1H3,(H2,17,19). The van der Waals surface area contributed by atoms with Gasteiger partial charge in [0.05, 0.1) is 12.1 Å². The maximum absolute atomic E-state index is 13.1. The molecule has 0 saturated heterocycles. The average molecular weight is 292 g/mol. The zero-order chi connectivity index (χ0) is 15.5. The largest absolute Gasteiger partial charge is 0.419 e. The quantitative estimate of drug-likeness (QED) is 0.860. The highest BCUT2D eigenvalue weighted by molar-refractivity contribution is 5.96. The first-order valence-electron chi connectivity index (χ1n) is 5.61. The number of rotatable bonds is 4. The molecule has 20 heavy (non-hydrogen) atoms. The molecule has 0 fully saturated rings. The minimum absolute atomic E-state index is 0.0838. The minimum atomic E-state index is -4.90. The Morgan fingerprint density at radius 2 is 1.90 bits per heavy atom. The first-order chi connectivity index (χ1) is 9.16. The summed E-state index contributed by atoms with van der Waals surface area (Å²) in [5.41, 5.74) is 3.05. The highest BCUT2D eigenvalue weighted by atomic mass is 19.4. The van der Waals surface area contributed by atoms with Crippen molar-refractivity contribution in [3.05, 3.63) is 35.1 Å². The number of alkyl halides is 3. The molecule has 0 aliphatic carbocycles. The molecule has 0 aromatic heterocycles. The molecule has 2 amide bonds. The van der Waals surface area contributed by atoms with Gasteiger partial charge in [0.25, 0.3) is 5.91 Å². The topological polar surface area (TPSA) is 63.4 Å². The summed E-state index contributed by atoms with van der Waals surface area (Å²) in [6, 6.07) is 1.91. The fraction of sp³-hybridized carbons (Fsp3) is 0.333. The predicted molar refractivity (Wildman–Crippen MR) is 62.2 cm³/mol. The van der Waals surface area contributed by atoms with Crippen LogP contribution in [-0.4, -0.2) is 29.8 Å². The number of nitrogens with two attached hydrogens (primary N) is 1. The second-order valence-corrected chi connectivity index (χ2v) is 3.98. The molecule has 0 spiro atoms. The number of likely N-dealkylation sites (N-methyl/N-ethyl adjacent to an activating group) is 1. The van der Waals surface area contributed by atoms with Crippen molar-refractivity contribution in [2.24, 2.45) is 5.73 Å². The molecule has 0 aliphatic rings. The summed E-state index contributed by atoms with van der Waals surface area (Å²) in [7, 11) is 0. The number of hydrogen-bond acceptors (Lipinski definition) is 2. The third-order valence-corrected chi connectivity index (χ3v) is 2.53. The van der Waals surface area contributed by atoms with Crippen molar-refractivity contribution < 1.29 is 27.2 Å². The molecule has 0 bridgehead atoms. The van der Waals surface area contributed by atoms with Gasteiger partial charge in [0.2, 0.25) is 5.91 Å². The maximum Gasteiger partial charge on any atom is 0.419 e. The van der Waals surface area contributed by atoms with Gasteiger partial charge in [-0.2, -0.15) is 13.2 Å². The molecule has 0 aliphatic heterocycles. The van der Waals surface area contributed by atoms with Crippen molar-refractivity contribution in [2.75, 3.05) is 13.1 Å². The van der Waals surface area contributed by atoms with Gasteiger partial charge < -0.3 is 10.6 Å². The van der Waals surface area contributed by atoms with Crippen molar-refractivity contribution in [3.63, 3.8) is 0 Å². The molecule has 8 heteroatoms. The van der Waals surface area contributed by atoms with Crippen molar-refractivity contribution in [1.29, 1.82) is 0 Å². The van der Waals surface area contributed by atoms with E-state index in [1.807, 2.05) is 0 Å². The van der Waals surface area contributed by atoms with Gasteiger partial charge in [0, 0.05) is 12.1 Å². The molecule has 110 valence electrons. The molecule has 0 unspecified atom stereocenters. The lowest BCUT2D eigenvalue weighted by Crippen LogP contribution is -2.38. The fourth-order valence-corrected chi connectivity index (χ4v) is 1.57. The predicted octanol–water partition coefficient (Wildman–Crippen LogP) is 1.79. The molecule has 0 saturated carbocycles. The van der Waals surface area contributed by atoms with Gasteiger partial charge in [-0.3, -0.25) is 9.59 Å². The first kappa shape index (κ1) is 15.9. The normalized spacial score (nSPS) is 11.2. The van der Waals surface area contributed by atoms with E-state index < -0.39 is 35.9 Å². The van der Waals surface area contributed by atoms with E-state index in [-0.39, 0.29) is 12.1 Å². The zero-order valence-corrected chi connectivity index (χ0v) is 10.5. The Hall–Kier alpha value is -2.12. The summed E-state index contributed by atoms with van der Waals surface area (Å²) in [6.45, 7) is 1.20. The van der Waals surface area contributed by atoms with Crippen LogP contribution in [0, 0.1) is 5.82 Å². The Bertz CT molecular complexity index is 529. The second-order valence-electron chi connectivity index (χ2n) is 3.98. The number of benzene rings is 1. The minimum Gasteiger partial charge on any atom is -0.368 e. The fourth-order valence-electron chi connectivity index (χ4n) is 1.57. The van der Waals surface area contributed by atoms with Crippen LogP contribution in [0.3, 0.4) is 0 Å². The van der Waals surface area contributed by atoms with Crippen LogP contribution >= 0.6 is 0 Å². The molecule has 1 rings (SSSR count). The molecule has 1 aromatic rings. The second kappa shape index (κ2) is 5.89. The summed E-state index contributed by atoms with van der Waals surface area (Å²) in [5, 5.41) is 0. The van der Waals surface area contributed by atoms with Gasteiger partial charge in [-0.1, -0.05) is 0 Å². The van der Waals surface area contributed by atoms with E-state index in [4.69, 9.17) is 5.73 Å². The van der Waals surface area contributed by atoms with E-state index in [1.54, 1.807) is 0 Å². The Morgan fingerprint density at radius 3 is 2.35 bits per heavy atom. The SMILES string of the molecule is CCN(CC(N)=O)C(=O)c1ccc(F)c(C(F)(F)F)c1. The lowest BCUT2D eigenvalue weighted by molar-refractivity contribution is -0.140. The molecule has 0 atom stereocenters. The Kier molecular flexibility index (Phi) is 4.69. The molecule has 4 nitrogen and oxygen atoms in total. The Labute approximate surface area is 112 Å². The number of primary amides is 1. The van der Waals surface area contributed by atoms with Crippen LogP contribution in [0.1, 0.15) is 22.8 Å². The Balaban J connectivity index is 3.14. The number of nitrogens with zero attached hydrogens (tertiary/aromatic N) is 1. The summed E-state index contributed by atoms with van der Waals surface area (Å²) in [6.07, 6.45) is -4.90.